The van der Waals surface area contributed by atoms with Gasteiger partial charge >= 0.3 is 0 Å². The van der Waals surface area contributed by atoms with Crippen LogP contribution in [0.1, 0.15) is 32.1 Å². The Morgan fingerprint density at radius 1 is 1.18 bits per heavy atom. The van der Waals surface area contributed by atoms with Gasteiger partial charge in [-0.25, -0.2) is 0 Å². The van der Waals surface area contributed by atoms with Gasteiger partial charge in [-0.2, -0.15) is 0 Å². The molecule has 0 saturated heterocycles. The van der Waals surface area contributed by atoms with Crippen molar-refractivity contribution in [2.75, 3.05) is 11.1 Å². The molecule has 0 aliphatic heterocycles. The fraction of sp³-hybridized carbons (Fsp3) is 0.462. The van der Waals surface area contributed by atoms with Gasteiger partial charge in [0.2, 0.25) is 5.91 Å². The van der Waals surface area contributed by atoms with Crippen molar-refractivity contribution in [3.63, 3.8) is 0 Å². The zero-order valence-electron chi connectivity index (χ0n) is 9.82. The number of nitrogen functional groups attached to an aromatic ring is 1. The molecule has 3 N–H and O–H groups in total. The zero-order chi connectivity index (χ0) is 11.4. The van der Waals surface area contributed by atoms with Crippen molar-refractivity contribution in [2.24, 2.45) is 5.92 Å². The minimum Gasteiger partial charge on any atom is -0.397 e. The minimum atomic E-state index is 0. The van der Waals surface area contributed by atoms with Gasteiger partial charge in [0.05, 0.1) is 11.4 Å². The van der Waals surface area contributed by atoms with Crippen LogP contribution in [0.2, 0.25) is 0 Å². The maximum absolute atomic E-state index is 12.0. The first-order valence-electron chi connectivity index (χ1n) is 5.93. The molecule has 1 fully saturated rings. The summed E-state index contributed by atoms with van der Waals surface area (Å²) >= 11 is 0. The molecule has 1 aliphatic rings. The van der Waals surface area contributed by atoms with Crippen LogP contribution < -0.4 is 11.1 Å². The van der Waals surface area contributed by atoms with Gasteiger partial charge in [-0.1, -0.05) is 31.4 Å². The molecule has 0 heterocycles. The molecule has 1 saturated carbocycles. The number of anilines is 2. The molecule has 4 heteroatoms. The summed E-state index contributed by atoms with van der Waals surface area (Å²) in [6, 6.07) is 7.39. The molecule has 0 spiro atoms. The summed E-state index contributed by atoms with van der Waals surface area (Å²) in [5.74, 6) is 0.297. The first-order chi connectivity index (χ1) is 7.77. The highest BCUT2D eigenvalue weighted by Crippen LogP contribution is 2.26. The molecular formula is C13H19ClN2O. The highest BCUT2D eigenvalue weighted by molar-refractivity contribution is 5.95. The van der Waals surface area contributed by atoms with Gasteiger partial charge < -0.3 is 11.1 Å². The van der Waals surface area contributed by atoms with Crippen LogP contribution in [0.15, 0.2) is 24.3 Å². The van der Waals surface area contributed by atoms with E-state index < -0.39 is 0 Å². The molecule has 1 aromatic carbocycles. The number of hydrogen-bond acceptors (Lipinski definition) is 2. The molecule has 0 bridgehead atoms. The van der Waals surface area contributed by atoms with E-state index in [-0.39, 0.29) is 24.2 Å². The smallest absolute Gasteiger partial charge is 0.227 e. The summed E-state index contributed by atoms with van der Waals surface area (Å²) in [6.45, 7) is 0. The van der Waals surface area contributed by atoms with E-state index >= 15 is 0 Å². The largest absolute Gasteiger partial charge is 0.397 e. The van der Waals surface area contributed by atoms with Crippen LogP contribution in [0, 0.1) is 5.92 Å². The second kappa shape index (κ2) is 6.50. The molecule has 0 radical (unpaired) electrons. The Bertz CT molecular complexity index is 375. The van der Waals surface area contributed by atoms with Gasteiger partial charge in [0.15, 0.2) is 0 Å². The lowest BCUT2D eigenvalue weighted by atomic mass is 9.88. The summed E-state index contributed by atoms with van der Waals surface area (Å²) in [5, 5.41) is 2.92. The van der Waals surface area contributed by atoms with E-state index in [0.717, 1.165) is 18.5 Å². The maximum atomic E-state index is 12.0. The number of carbonyl (C=O) groups is 1. The third kappa shape index (κ3) is 3.63. The van der Waals surface area contributed by atoms with Crippen molar-refractivity contribution in [1.82, 2.24) is 0 Å². The normalized spacial score (nSPS) is 16.0. The van der Waals surface area contributed by atoms with Gasteiger partial charge in [0, 0.05) is 5.92 Å². The van der Waals surface area contributed by atoms with Crippen molar-refractivity contribution in [2.45, 2.75) is 32.1 Å². The Morgan fingerprint density at radius 3 is 2.47 bits per heavy atom. The third-order valence-electron chi connectivity index (χ3n) is 3.19. The third-order valence-corrected chi connectivity index (χ3v) is 3.19. The molecular weight excluding hydrogens is 236 g/mol. The van der Waals surface area contributed by atoms with Crippen LogP contribution in [0.3, 0.4) is 0 Å². The minimum absolute atomic E-state index is 0. The van der Waals surface area contributed by atoms with Crippen LogP contribution in [0.25, 0.3) is 0 Å². The first kappa shape index (κ1) is 13.8. The number of hydrogen-bond donors (Lipinski definition) is 2. The predicted molar refractivity (Wildman–Crippen MR) is 73.3 cm³/mol. The number of nitrogens with two attached hydrogens (primary N) is 1. The van der Waals surface area contributed by atoms with Crippen LogP contribution in [0.4, 0.5) is 11.4 Å². The first-order valence-corrected chi connectivity index (χ1v) is 5.93. The highest BCUT2D eigenvalue weighted by atomic mass is 35.5. The van der Waals surface area contributed by atoms with E-state index in [9.17, 15) is 4.79 Å². The number of amides is 1. The van der Waals surface area contributed by atoms with E-state index in [1.54, 1.807) is 6.07 Å². The van der Waals surface area contributed by atoms with Crippen LogP contribution >= 0.6 is 12.4 Å². The predicted octanol–water partition coefficient (Wildman–Crippen LogP) is 3.21. The average molecular weight is 255 g/mol. The molecule has 94 valence electrons. The summed E-state index contributed by atoms with van der Waals surface area (Å²) < 4.78 is 0. The molecule has 0 unspecified atom stereocenters. The molecule has 1 aliphatic carbocycles. The average Bonchev–Trinajstić information content (AvgIpc) is 2.33. The lowest BCUT2D eigenvalue weighted by Gasteiger charge is -2.21. The summed E-state index contributed by atoms with van der Waals surface area (Å²) in [5.41, 5.74) is 7.15. The number of halogens is 1. The zero-order valence-corrected chi connectivity index (χ0v) is 10.6. The Hall–Kier alpha value is -1.22. The second-order valence-corrected chi connectivity index (χ2v) is 4.41. The van der Waals surface area contributed by atoms with Crippen molar-refractivity contribution in [1.29, 1.82) is 0 Å². The fourth-order valence-corrected chi connectivity index (χ4v) is 2.21. The van der Waals surface area contributed by atoms with Gasteiger partial charge in [-0.3, -0.25) is 4.79 Å². The Kier molecular flexibility index (Phi) is 5.29. The van der Waals surface area contributed by atoms with Gasteiger partial charge in [-0.15, -0.1) is 12.4 Å². The van der Waals surface area contributed by atoms with Crippen molar-refractivity contribution >= 4 is 29.7 Å². The van der Waals surface area contributed by atoms with E-state index in [2.05, 4.69) is 5.32 Å². The van der Waals surface area contributed by atoms with Crippen molar-refractivity contribution < 1.29 is 4.79 Å². The molecule has 1 amide bonds. The molecule has 1 aromatic rings. The number of para-hydroxylation sites is 2. The monoisotopic (exact) mass is 254 g/mol. The fourth-order valence-electron chi connectivity index (χ4n) is 2.21. The molecule has 17 heavy (non-hydrogen) atoms. The van der Waals surface area contributed by atoms with Gasteiger partial charge in [-0.05, 0) is 25.0 Å². The molecule has 0 aromatic heterocycles. The van der Waals surface area contributed by atoms with E-state index in [1.165, 1.54) is 19.3 Å². The number of benzene rings is 1. The van der Waals surface area contributed by atoms with Crippen molar-refractivity contribution in [3.05, 3.63) is 24.3 Å². The Labute approximate surface area is 108 Å². The standard InChI is InChI=1S/C13H18N2O.ClH/c14-11-8-4-5-9-12(11)15-13(16)10-6-2-1-3-7-10;/h4-5,8-10H,1-3,6-7,14H2,(H,15,16);1H. The Balaban J connectivity index is 0.00000144. The van der Waals surface area contributed by atoms with Gasteiger partial charge in [0.25, 0.3) is 0 Å². The quantitative estimate of drug-likeness (QED) is 0.797. The van der Waals surface area contributed by atoms with Crippen LogP contribution in [-0.2, 0) is 4.79 Å². The van der Waals surface area contributed by atoms with Crippen LogP contribution in [-0.4, -0.2) is 5.91 Å². The topological polar surface area (TPSA) is 55.1 Å². The number of carbonyl (C=O) groups excluding carboxylic acids is 1. The Morgan fingerprint density at radius 2 is 1.82 bits per heavy atom. The lowest BCUT2D eigenvalue weighted by molar-refractivity contribution is -0.120. The van der Waals surface area contributed by atoms with E-state index in [4.69, 9.17) is 5.73 Å². The maximum Gasteiger partial charge on any atom is 0.227 e. The number of rotatable bonds is 2. The van der Waals surface area contributed by atoms with Crippen LogP contribution in [0.5, 0.6) is 0 Å². The molecule has 0 atom stereocenters. The second-order valence-electron chi connectivity index (χ2n) is 4.41. The number of nitrogens with one attached hydrogen (secondary N) is 1. The summed E-state index contributed by atoms with van der Waals surface area (Å²) in [4.78, 5) is 12.0. The van der Waals surface area contributed by atoms with Gasteiger partial charge in [0.1, 0.15) is 0 Å². The SMILES string of the molecule is Cl.Nc1ccccc1NC(=O)C1CCCCC1. The molecule has 3 nitrogen and oxygen atoms in total. The highest BCUT2D eigenvalue weighted by Gasteiger charge is 2.21. The van der Waals surface area contributed by atoms with Crippen molar-refractivity contribution in [3.8, 4) is 0 Å². The van der Waals surface area contributed by atoms with E-state index in [0.29, 0.717) is 5.69 Å². The summed E-state index contributed by atoms with van der Waals surface area (Å²) in [6.07, 6.45) is 5.62. The summed E-state index contributed by atoms with van der Waals surface area (Å²) in [7, 11) is 0. The molecule has 2 rings (SSSR count). The van der Waals surface area contributed by atoms with E-state index in [1.807, 2.05) is 18.2 Å². The lowest BCUT2D eigenvalue weighted by Crippen LogP contribution is -2.25.